The molecule has 30 heavy (non-hydrogen) atoms. The molecule has 1 N–H and O–H groups in total. The molecule has 2 heterocycles. The van der Waals surface area contributed by atoms with Crippen LogP contribution in [0.25, 0.3) is 0 Å². The number of hydrogen-bond acceptors (Lipinski definition) is 4. The number of carbonyl (C=O) groups excluding carboxylic acids is 1. The molecule has 1 amide bonds. The van der Waals surface area contributed by atoms with Crippen LogP contribution in [0.15, 0.2) is 42.7 Å². The molecule has 1 aliphatic heterocycles. The molecular formula is C25H34N4O. The van der Waals surface area contributed by atoms with Crippen LogP contribution in [-0.4, -0.2) is 54.6 Å². The number of amides is 1. The summed E-state index contributed by atoms with van der Waals surface area (Å²) >= 11 is 0. The number of rotatable bonds is 7. The van der Waals surface area contributed by atoms with Crippen molar-refractivity contribution in [2.45, 2.75) is 45.6 Å². The first-order valence-electron chi connectivity index (χ1n) is 11.4. The van der Waals surface area contributed by atoms with Gasteiger partial charge in [0.05, 0.1) is 5.56 Å². The molecule has 2 aromatic rings. The van der Waals surface area contributed by atoms with E-state index in [1.165, 1.54) is 29.8 Å². The van der Waals surface area contributed by atoms with Gasteiger partial charge in [0.15, 0.2) is 0 Å². The zero-order valence-electron chi connectivity index (χ0n) is 18.3. The fourth-order valence-electron chi connectivity index (χ4n) is 4.83. The average Bonchev–Trinajstić information content (AvgIpc) is 2.76. The lowest BCUT2D eigenvalue weighted by Gasteiger charge is -2.40. The molecule has 5 nitrogen and oxygen atoms in total. The highest BCUT2D eigenvalue weighted by molar-refractivity contribution is 5.94. The van der Waals surface area contributed by atoms with E-state index in [9.17, 15) is 4.79 Å². The highest BCUT2D eigenvalue weighted by atomic mass is 16.1. The summed E-state index contributed by atoms with van der Waals surface area (Å²) in [5.41, 5.74) is 4.98. The average molecular weight is 407 g/mol. The molecule has 2 aliphatic rings. The quantitative estimate of drug-likeness (QED) is 0.762. The molecule has 4 rings (SSSR count). The van der Waals surface area contributed by atoms with E-state index < -0.39 is 0 Å². The molecule has 1 aromatic heterocycles. The van der Waals surface area contributed by atoms with Gasteiger partial charge in [-0.25, -0.2) is 0 Å². The normalized spacial score (nSPS) is 21.9. The van der Waals surface area contributed by atoms with Crippen molar-refractivity contribution >= 4 is 11.6 Å². The Morgan fingerprint density at radius 3 is 2.63 bits per heavy atom. The molecule has 1 aliphatic carbocycles. The molecule has 2 fully saturated rings. The van der Waals surface area contributed by atoms with E-state index in [4.69, 9.17) is 0 Å². The number of piperazine rings is 1. The zero-order valence-corrected chi connectivity index (χ0v) is 18.3. The maximum Gasteiger partial charge on any atom is 0.253 e. The lowest BCUT2D eigenvalue weighted by Crippen LogP contribution is -2.48. The van der Waals surface area contributed by atoms with Gasteiger partial charge in [-0.3, -0.25) is 14.7 Å². The zero-order chi connectivity index (χ0) is 20.9. The smallest absolute Gasteiger partial charge is 0.253 e. The van der Waals surface area contributed by atoms with Gasteiger partial charge in [-0.2, -0.15) is 0 Å². The van der Waals surface area contributed by atoms with E-state index in [0.29, 0.717) is 11.6 Å². The van der Waals surface area contributed by atoms with E-state index in [-0.39, 0.29) is 5.91 Å². The summed E-state index contributed by atoms with van der Waals surface area (Å²) in [5.74, 6) is 0.746. The first-order chi connectivity index (χ1) is 14.6. The number of benzene rings is 1. The number of nitrogens with zero attached hydrogens (tertiary/aromatic N) is 3. The third-order valence-electron chi connectivity index (χ3n) is 6.86. The Morgan fingerprint density at radius 1 is 1.13 bits per heavy atom. The first kappa shape index (κ1) is 20.9. The second kappa shape index (κ2) is 9.61. The largest absolute Gasteiger partial charge is 0.369 e. The lowest BCUT2D eigenvalue weighted by atomic mass is 9.78. The molecule has 0 unspecified atom stereocenters. The summed E-state index contributed by atoms with van der Waals surface area (Å²) in [6.45, 7) is 10.2. The number of hydrogen-bond donors (Lipinski definition) is 1. The number of anilines is 1. The van der Waals surface area contributed by atoms with Crippen LogP contribution in [0.3, 0.4) is 0 Å². The van der Waals surface area contributed by atoms with E-state index in [1.807, 2.05) is 6.07 Å². The fraction of sp³-hybridized carbons (Fsp3) is 0.520. The molecular weight excluding hydrogens is 372 g/mol. The van der Waals surface area contributed by atoms with Crippen molar-refractivity contribution in [1.29, 1.82) is 0 Å². The van der Waals surface area contributed by atoms with Crippen LogP contribution < -0.4 is 10.2 Å². The van der Waals surface area contributed by atoms with Gasteiger partial charge in [-0.15, -0.1) is 0 Å². The molecule has 0 atom stereocenters. The Kier molecular flexibility index (Phi) is 6.68. The van der Waals surface area contributed by atoms with E-state index in [0.717, 1.165) is 51.4 Å². The minimum atomic E-state index is 0.00473. The highest BCUT2D eigenvalue weighted by Gasteiger charge is 2.31. The van der Waals surface area contributed by atoms with Crippen molar-refractivity contribution in [2.75, 3.05) is 37.6 Å². The van der Waals surface area contributed by atoms with Gasteiger partial charge in [-0.1, -0.05) is 19.1 Å². The molecule has 0 radical (unpaired) electrons. The van der Waals surface area contributed by atoms with Crippen LogP contribution in [-0.2, 0) is 6.42 Å². The van der Waals surface area contributed by atoms with Crippen molar-refractivity contribution < 1.29 is 4.79 Å². The molecule has 5 heteroatoms. The topological polar surface area (TPSA) is 48.5 Å². The van der Waals surface area contributed by atoms with E-state index >= 15 is 0 Å². The van der Waals surface area contributed by atoms with E-state index in [2.05, 4.69) is 52.1 Å². The number of aryl methyl sites for hydroxylation is 1. The van der Waals surface area contributed by atoms with Crippen molar-refractivity contribution in [3.8, 4) is 0 Å². The van der Waals surface area contributed by atoms with Crippen LogP contribution in [0.4, 0.5) is 5.69 Å². The Labute approximate surface area is 180 Å². The van der Waals surface area contributed by atoms with Gasteiger partial charge in [0.1, 0.15) is 0 Å². The summed E-state index contributed by atoms with van der Waals surface area (Å²) in [4.78, 5) is 21.4. The summed E-state index contributed by atoms with van der Waals surface area (Å²) in [7, 11) is 0. The van der Waals surface area contributed by atoms with Crippen LogP contribution in [0.2, 0.25) is 0 Å². The summed E-state index contributed by atoms with van der Waals surface area (Å²) in [6.07, 6.45) is 7.88. The van der Waals surface area contributed by atoms with E-state index in [1.54, 1.807) is 18.5 Å². The monoisotopic (exact) mass is 406 g/mol. The maximum absolute atomic E-state index is 12.2. The van der Waals surface area contributed by atoms with Gasteiger partial charge < -0.3 is 10.2 Å². The van der Waals surface area contributed by atoms with Crippen molar-refractivity contribution in [1.82, 2.24) is 15.2 Å². The van der Waals surface area contributed by atoms with Crippen molar-refractivity contribution in [3.05, 3.63) is 59.4 Å². The van der Waals surface area contributed by atoms with Crippen LogP contribution in [0.5, 0.6) is 0 Å². The SMILES string of the molecule is CCc1cccc(N2CCN(CCC3CC(NC(=O)c4cccnc4)C3)CC2)c1C. The van der Waals surface area contributed by atoms with Gasteiger partial charge in [-0.05, 0) is 74.4 Å². The molecule has 160 valence electrons. The van der Waals surface area contributed by atoms with Gasteiger partial charge >= 0.3 is 0 Å². The van der Waals surface area contributed by atoms with Crippen LogP contribution in [0, 0.1) is 12.8 Å². The number of aromatic nitrogens is 1. The molecule has 0 spiro atoms. The third-order valence-corrected chi connectivity index (χ3v) is 6.86. The number of nitrogens with one attached hydrogen (secondary N) is 1. The Bertz CT molecular complexity index is 839. The second-order valence-electron chi connectivity index (χ2n) is 8.78. The summed E-state index contributed by atoms with van der Waals surface area (Å²) < 4.78 is 0. The molecule has 1 saturated carbocycles. The maximum atomic E-state index is 12.2. The predicted octanol–water partition coefficient (Wildman–Crippen LogP) is 3.67. The van der Waals surface area contributed by atoms with Crippen LogP contribution in [0.1, 0.15) is 47.7 Å². The standard InChI is InChI=1S/C25H34N4O/c1-3-21-6-4-8-24(19(21)2)29-14-12-28(13-15-29)11-9-20-16-23(17-20)27-25(30)22-7-5-10-26-18-22/h4-8,10,18,20,23H,3,9,11-17H2,1-2H3,(H,27,30). The fourth-order valence-corrected chi connectivity index (χ4v) is 4.83. The van der Waals surface area contributed by atoms with Gasteiger partial charge in [0.2, 0.25) is 0 Å². The van der Waals surface area contributed by atoms with Crippen molar-refractivity contribution in [3.63, 3.8) is 0 Å². The summed E-state index contributed by atoms with van der Waals surface area (Å²) in [6, 6.07) is 10.7. The number of carbonyl (C=O) groups is 1. The molecule has 1 aromatic carbocycles. The van der Waals surface area contributed by atoms with Gasteiger partial charge in [0, 0.05) is 50.3 Å². The second-order valence-corrected chi connectivity index (χ2v) is 8.78. The minimum absolute atomic E-state index is 0.00473. The first-order valence-corrected chi connectivity index (χ1v) is 11.4. The Balaban J connectivity index is 1.16. The Morgan fingerprint density at radius 2 is 1.93 bits per heavy atom. The van der Waals surface area contributed by atoms with Crippen molar-refractivity contribution in [2.24, 2.45) is 5.92 Å². The van der Waals surface area contributed by atoms with Gasteiger partial charge in [0.25, 0.3) is 5.91 Å². The predicted molar refractivity (Wildman–Crippen MR) is 122 cm³/mol. The lowest BCUT2D eigenvalue weighted by molar-refractivity contribution is 0.0877. The number of pyridine rings is 1. The molecule has 1 saturated heterocycles. The minimum Gasteiger partial charge on any atom is -0.369 e. The summed E-state index contributed by atoms with van der Waals surface area (Å²) in [5, 5.41) is 3.14. The molecule has 0 bridgehead atoms. The van der Waals surface area contributed by atoms with Crippen LogP contribution >= 0.6 is 0 Å². The third kappa shape index (κ3) is 4.84. The highest BCUT2D eigenvalue weighted by Crippen LogP contribution is 2.31. The Hall–Kier alpha value is -2.40.